The van der Waals surface area contributed by atoms with Gasteiger partial charge >= 0.3 is 5.97 Å². The van der Waals surface area contributed by atoms with Crippen molar-refractivity contribution in [3.8, 4) is 5.75 Å². The maximum atomic E-state index is 13.3. The standard InChI is InChI=1S/C24H31NO4/c1-8-13-25-20(26)18-19(21(27)28)23(5)14(2)17(24(18,6)22(23,3)4)15-9-11-16(29-7)12-10-15/h9-12H,8,13H2,1-7H3,(H,25,26)(H,27,28). The van der Waals surface area contributed by atoms with Crippen LogP contribution in [-0.2, 0) is 9.59 Å². The van der Waals surface area contributed by atoms with Crippen molar-refractivity contribution in [1.82, 2.24) is 5.32 Å². The van der Waals surface area contributed by atoms with Gasteiger partial charge in [-0.2, -0.15) is 0 Å². The van der Waals surface area contributed by atoms with Crippen LogP contribution >= 0.6 is 0 Å². The number of hydrogen-bond acceptors (Lipinski definition) is 3. The number of carbonyl (C=O) groups excluding carboxylic acids is 1. The summed E-state index contributed by atoms with van der Waals surface area (Å²) in [6.45, 7) is 12.7. The van der Waals surface area contributed by atoms with E-state index in [0.29, 0.717) is 12.1 Å². The molecule has 2 aliphatic rings. The summed E-state index contributed by atoms with van der Waals surface area (Å²) >= 11 is 0. The topological polar surface area (TPSA) is 75.6 Å². The molecule has 2 bridgehead atoms. The van der Waals surface area contributed by atoms with E-state index in [1.165, 1.54) is 0 Å². The summed E-state index contributed by atoms with van der Waals surface area (Å²) in [7, 11) is 1.63. The molecule has 1 amide bonds. The van der Waals surface area contributed by atoms with Gasteiger partial charge in [-0.25, -0.2) is 4.79 Å². The van der Waals surface area contributed by atoms with E-state index < -0.39 is 22.2 Å². The Hall–Kier alpha value is -2.56. The predicted molar refractivity (Wildman–Crippen MR) is 114 cm³/mol. The molecule has 29 heavy (non-hydrogen) atoms. The van der Waals surface area contributed by atoms with Crippen molar-refractivity contribution < 1.29 is 19.4 Å². The van der Waals surface area contributed by atoms with Gasteiger partial charge in [-0.1, -0.05) is 52.3 Å². The molecule has 2 atom stereocenters. The lowest BCUT2D eigenvalue weighted by Crippen LogP contribution is -2.40. The van der Waals surface area contributed by atoms with E-state index in [4.69, 9.17) is 4.74 Å². The minimum absolute atomic E-state index is 0.230. The molecule has 3 rings (SSSR count). The summed E-state index contributed by atoms with van der Waals surface area (Å²) in [6.07, 6.45) is 0.791. The van der Waals surface area contributed by atoms with Gasteiger partial charge in [-0.15, -0.1) is 0 Å². The number of carbonyl (C=O) groups is 2. The van der Waals surface area contributed by atoms with Gasteiger partial charge in [0, 0.05) is 22.9 Å². The summed E-state index contributed by atoms with van der Waals surface area (Å²) < 4.78 is 5.29. The number of methoxy groups -OCH3 is 1. The van der Waals surface area contributed by atoms with Gasteiger partial charge in [0.15, 0.2) is 0 Å². The Morgan fingerprint density at radius 1 is 1.03 bits per heavy atom. The molecule has 0 saturated heterocycles. The van der Waals surface area contributed by atoms with E-state index in [0.717, 1.165) is 28.9 Å². The number of nitrogens with one attached hydrogen (secondary N) is 1. The molecule has 2 aliphatic carbocycles. The highest BCUT2D eigenvalue weighted by Gasteiger charge is 2.72. The molecule has 2 N–H and O–H groups in total. The van der Waals surface area contributed by atoms with Crippen LogP contribution in [0.1, 0.15) is 53.5 Å². The van der Waals surface area contributed by atoms with Gasteiger partial charge in [0.2, 0.25) is 5.91 Å². The number of benzene rings is 1. The van der Waals surface area contributed by atoms with Gasteiger partial charge in [0.25, 0.3) is 0 Å². The largest absolute Gasteiger partial charge is 0.497 e. The molecule has 0 radical (unpaired) electrons. The van der Waals surface area contributed by atoms with Crippen molar-refractivity contribution in [1.29, 1.82) is 0 Å². The fraction of sp³-hybridized carbons (Fsp3) is 0.500. The smallest absolute Gasteiger partial charge is 0.333 e. The Morgan fingerprint density at radius 3 is 2.10 bits per heavy atom. The van der Waals surface area contributed by atoms with Gasteiger partial charge in [0.05, 0.1) is 12.7 Å². The molecule has 0 spiro atoms. The van der Waals surface area contributed by atoms with E-state index >= 15 is 0 Å². The van der Waals surface area contributed by atoms with Crippen LogP contribution in [0.5, 0.6) is 5.75 Å². The third kappa shape index (κ3) is 2.46. The molecular weight excluding hydrogens is 366 g/mol. The van der Waals surface area contributed by atoms with Gasteiger partial charge in [-0.3, -0.25) is 4.79 Å². The highest BCUT2D eigenvalue weighted by Crippen LogP contribution is 2.77. The number of carboxylic acid groups (broad SMARTS) is 1. The number of fused-ring (bicyclic) bond motifs is 2. The number of amides is 1. The minimum Gasteiger partial charge on any atom is -0.497 e. The molecule has 2 unspecified atom stereocenters. The van der Waals surface area contributed by atoms with E-state index in [2.05, 4.69) is 19.2 Å². The average Bonchev–Trinajstić information content (AvgIpc) is 2.89. The Balaban J connectivity index is 2.29. The maximum Gasteiger partial charge on any atom is 0.333 e. The first kappa shape index (κ1) is 21.2. The zero-order valence-electron chi connectivity index (χ0n) is 18.4. The molecule has 5 heteroatoms. The van der Waals surface area contributed by atoms with Gasteiger partial charge < -0.3 is 15.2 Å². The summed E-state index contributed by atoms with van der Waals surface area (Å²) in [5, 5.41) is 13.1. The van der Waals surface area contributed by atoms with Crippen molar-refractivity contribution in [2.75, 3.05) is 13.7 Å². The van der Waals surface area contributed by atoms with Crippen LogP contribution in [0, 0.1) is 16.2 Å². The summed E-state index contributed by atoms with van der Waals surface area (Å²) in [5.41, 5.74) is 1.71. The lowest BCUT2D eigenvalue weighted by Gasteiger charge is -2.43. The minimum atomic E-state index is -1.01. The number of ether oxygens (including phenoxy) is 1. The summed E-state index contributed by atoms with van der Waals surface area (Å²) in [6, 6.07) is 7.79. The van der Waals surface area contributed by atoms with Crippen LogP contribution in [0.15, 0.2) is 41.0 Å². The number of aliphatic carboxylic acids is 1. The fourth-order valence-electron chi connectivity index (χ4n) is 5.59. The first-order valence-corrected chi connectivity index (χ1v) is 10.1. The molecule has 0 heterocycles. The van der Waals surface area contributed by atoms with Crippen LogP contribution in [0.25, 0.3) is 5.57 Å². The summed E-state index contributed by atoms with van der Waals surface area (Å²) in [4.78, 5) is 25.7. The molecule has 0 saturated carbocycles. The first-order chi connectivity index (χ1) is 13.5. The molecule has 0 fully saturated rings. The average molecular weight is 398 g/mol. The lowest BCUT2D eigenvalue weighted by atomic mass is 9.59. The highest BCUT2D eigenvalue weighted by molar-refractivity contribution is 6.11. The van der Waals surface area contributed by atoms with Crippen molar-refractivity contribution in [3.63, 3.8) is 0 Å². The monoisotopic (exact) mass is 397 g/mol. The third-order valence-electron chi connectivity index (χ3n) is 7.73. The normalized spacial score (nSPS) is 27.4. The third-order valence-corrected chi connectivity index (χ3v) is 7.73. The van der Waals surface area contributed by atoms with Crippen molar-refractivity contribution in [2.24, 2.45) is 16.2 Å². The number of hydrogen-bond donors (Lipinski definition) is 2. The molecule has 0 aromatic heterocycles. The summed E-state index contributed by atoms with van der Waals surface area (Å²) in [5.74, 6) is -0.533. The number of allylic oxidation sites excluding steroid dienone is 2. The van der Waals surface area contributed by atoms with Gasteiger partial charge in [0.1, 0.15) is 5.75 Å². The maximum absolute atomic E-state index is 13.3. The van der Waals surface area contributed by atoms with Crippen molar-refractivity contribution in [2.45, 2.75) is 48.0 Å². The number of carboxylic acids is 1. The molecule has 1 aromatic rings. The molecular formula is C24H31NO4. The lowest BCUT2D eigenvalue weighted by molar-refractivity contribution is -0.134. The molecule has 0 aliphatic heterocycles. The Morgan fingerprint density at radius 2 is 1.62 bits per heavy atom. The Labute approximate surface area is 172 Å². The van der Waals surface area contributed by atoms with Crippen LogP contribution in [0.2, 0.25) is 0 Å². The van der Waals surface area contributed by atoms with E-state index in [1.807, 2.05) is 52.0 Å². The second kappa shape index (κ2) is 6.75. The predicted octanol–water partition coefficient (Wildman–Crippen LogP) is 4.44. The quantitative estimate of drug-likeness (QED) is 0.744. The molecule has 5 nitrogen and oxygen atoms in total. The Bertz CT molecular complexity index is 938. The highest BCUT2D eigenvalue weighted by atomic mass is 16.5. The SMILES string of the molecule is CCCNC(=O)C1=C(C(=O)O)C2(C)C(C)=C(c3ccc(OC)cc3)C1(C)C2(C)C. The van der Waals surface area contributed by atoms with Crippen LogP contribution < -0.4 is 10.1 Å². The van der Waals surface area contributed by atoms with Crippen LogP contribution in [0.4, 0.5) is 0 Å². The molecule has 1 aromatic carbocycles. The van der Waals surface area contributed by atoms with Gasteiger partial charge in [-0.05, 0) is 42.0 Å². The van der Waals surface area contributed by atoms with E-state index in [9.17, 15) is 14.7 Å². The molecule has 156 valence electrons. The number of rotatable bonds is 6. The first-order valence-electron chi connectivity index (χ1n) is 10.1. The van der Waals surface area contributed by atoms with E-state index in [-0.39, 0.29) is 11.5 Å². The Kier molecular flexibility index (Phi) is 4.93. The fourth-order valence-corrected chi connectivity index (χ4v) is 5.59. The second-order valence-electron chi connectivity index (χ2n) is 8.91. The van der Waals surface area contributed by atoms with Crippen molar-refractivity contribution in [3.05, 3.63) is 46.5 Å². The zero-order valence-corrected chi connectivity index (χ0v) is 18.4. The van der Waals surface area contributed by atoms with E-state index in [1.54, 1.807) is 7.11 Å². The van der Waals surface area contributed by atoms with Crippen LogP contribution in [-0.4, -0.2) is 30.6 Å². The van der Waals surface area contributed by atoms with Crippen molar-refractivity contribution >= 4 is 17.4 Å². The van der Waals surface area contributed by atoms with Crippen LogP contribution in [0.3, 0.4) is 0 Å². The second-order valence-corrected chi connectivity index (χ2v) is 8.91. The zero-order chi connectivity index (χ0) is 21.8.